The first kappa shape index (κ1) is 10.3. The van der Waals surface area contributed by atoms with E-state index in [1.54, 1.807) is 0 Å². The van der Waals surface area contributed by atoms with Crippen LogP contribution in [0.25, 0.3) is 0 Å². The Morgan fingerprint density at radius 2 is 1.92 bits per heavy atom. The van der Waals surface area contributed by atoms with Gasteiger partial charge in [-0.3, -0.25) is 0 Å². The van der Waals surface area contributed by atoms with E-state index in [-0.39, 0.29) is 5.50 Å². The minimum Gasteiger partial charge on any atom is -0.355 e. The molecule has 2 nitrogen and oxygen atoms in total. The van der Waals surface area contributed by atoms with E-state index in [9.17, 15) is 0 Å². The highest BCUT2D eigenvalue weighted by Crippen LogP contribution is 2.33. The van der Waals surface area contributed by atoms with Gasteiger partial charge in [0.2, 0.25) is 0 Å². The lowest BCUT2D eigenvalue weighted by atomic mass is 10.3. The molecule has 0 saturated carbocycles. The first-order chi connectivity index (χ1) is 6.29. The number of thiol groups is 1. The normalized spacial score (nSPS) is 18.5. The van der Waals surface area contributed by atoms with E-state index in [2.05, 4.69) is 35.0 Å². The van der Waals surface area contributed by atoms with Crippen molar-refractivity contribution in [2.45, 2.75) is 19.3 Å². The van der Waals surface area contributed by atoms with Crippen LogP contribution in [0.3, 0.4) is 0 Å². The van der Waals surface area contributed by atoms with Gasteiger partial charge in [0.15, 0.2) is 0 Å². The zero-order valence-corrected chi connectivity index (χ0v) is 9.18. The van der Waals surface area contributed by atoms with E-state index in [0.717, 1.165) is 5.69 Å². The summed E-state index contributed by atoms with van der Waals surface area (Å²) >= 11 is 4.35. The first-order valence-electron chi connectivity index (χ1n) is 4.55. The summed E-state index contributed by atoms with van der Waals surface area (Å²) < 4.78 is 0. The third-order valence-corrected chi connectivity index (χ3v) is 2.41. The van der Waals surface area contributed by atoms with Crippen molar-refractivity contribution >= 4 is 24.0 Å². The largest absolute Gasteiger partial charge is 0.355 e. The second kappa shape index (κ2) is 4.42. The first-order valence-corrected chi connectivity index (χ1v) is 5.07. The molecule has 0 fully saturated rings. The van der Waals surface area contributed by atoms with Crippen LogP contribution in [0.15, 0.2) is 24.3 Å². The monoisotopic (exact) mass is 196 g/mol. The second-order valence-corrected chi connectivity index (χ2v) is 3.14. The second-order valence-electron chi connectivity index (χ2n) is 2.65. The van der Waals surface area contributed by atoms with Gasteiger partial charge < -0.3 is 10.2 Å². The molecule has 1 aliphatic heterocycles. The van der Waals surface area contributed by atoms with E-state index >= 15 is 0 Å². The predicted molar refractivity (Wildman–Crippen MR) is 62.6 cm³/mol. The number of para-hydroxylation sites is 2. The van der Waals surface area contributed by atoms with E-state index < -0.39 is 0 Å². The van der Waals surface area contributed by atoms with Crippen molar-refractivity contribution < 1.29 is 0 Å². The Labute approximate surface area is 85.4 Å². The van der Waals surface area contributed by atoms with Gasteiger partial charge in [-0.2, -0.15) is 0 Å². The lowest BCUT2D eigenvalue weighted by Crippen LogP contribution is -2.25. The maximum Gasteiger partial charge on any atom is 0.145 e. The number of rotatable bonds is 0. The molecule has 1 atom stereocenters. The smallest absolute Gasteiger partial charge is 0.145 e. The van der Waals surface area contributed by atoms with Crippen molar-refractivity contribution in [2.24, 2.45) is 0 Å². The fourth-order valence-electron chi connectivity index (χ4n) is 1.27. The van der Waals surface area contributed by atoms with Crippen LogP contribution in [-0.4, -0.2) is 12.5 Å². The summed E-state index contributed by atoms with van der Waals surface area (Å²) in [4.78, 5) is 2.10. The van der Waals surface area contributed by atoms with Crippen LogP contribution in [0.2, 0.25) is 0 Å². The maximum absolute atomic E-state index is 4.35. The van der Waals surface area contributed by atoms with Gasteiger partial charge in [0, 0.05) is 7.05 Å². The highest BCUT2D eigenvalue weighted by atomic mass is 32.1. The van der Waals surface area contributed by atoms with Crippen molar-refractivity contribution in [1.29, 1.82) is 0 Å². The van der Waals surface area contributed by atoms with E-state index in [1.165, 1.54) is 5.69 Å². The van der Waals surface area contributed by atoms with Crippen LogP contribution in [0, 0.1) is 0 Å². The molecule has 3 heteroatoms. The number of nitrogens with zero attached hydrogens (tertiary/aromatic N) is 1. The van der Waals surface area contributed by atoms with Gasteiger partial charge >= 0.3 is 0 Å². The molecule has 1 aromatic carbocycles. The Morgan fingerprint density at radius 3 is 2.54 bits per heavy atom. The van der Waals surface area contributed by atoms with Gasteiger partial charge in [0.05, 0.1) is 11.4 Å². The average Bonchev–Trinajstić information content (AvgIpc) is 2.47. The molecule has 13 heavy (non-hydrogen) atoms. The van der Waals surface area contributed by atoms with Crippen LogP contribution in [-0.2, 0) is 0 Å². The van der Waals surface area contributed by atoms with Gasteiger partial charge in [0.25, 0.3) is 0 Å². The number of anilines is 2. The van der Waals surface area contributed by atoms with Crippen LogP contribution in [0.4, 0.5) is 11.4 Å². The van der Waals surface area contributed by atoms with Crippen molar-refractivity contribution in [3.63, 3.8) is 0 Å². The average molecular weight is 196 g/mol. The summed E-state index contributed by atoms with van der Waals surface area (Å²) in [6.45, 7) is 4.00. The third kappa shape index (κ3) is 1.91. The quantitative estimate of drug-likeness (QED) is 0.620. The van der Waals surface area contributed by atoms with Gasteiger partial charge in [-0.25, -0.2) is 0 Å². The lowest BCUT2D eigenvalue weighted by Gasteiger charge is -2.15. The number of benzene rings is 1. The predicted octanol–water partition coefficient (Wildman–Crippen LogP) is 2.79. The Balaban J connectivity index is 0.000000396. The van der Waals surface area contributed by atoms with Crippen LogP contribution < -0.4 is 10.2 Å². The Hall–Kier alpha value is -0.830. The lowest BCUT2D eigenvalue weighted by molar-refractivity contribution is 0.979. The van der Waals surface area contributed by atoms with Gasteiger partial charge in [-0.05, 0) is 12.1 Å². The molecular formula is C10H16N2S. The molecule has 2 rings (SSSR count). The van der Waals surface area contributed by atoms with Crippen LogP contribution >= 0.6 is 12.6 Å². The molecule has 72 valence electrons. The molecule has 0 aliphatic carbocycles. The molecule has 0 radical (unpaired) electrons. The number of nitrogens with one attached hydrogen (secondary N) is 1. The zero-order valence-electron chi connectivity index (χ0n) is 8.28. The number of fused-ring (bicyclic) bond motifs is 1. The minimum atomic E-state index is 0.118. The molecule has 1 aliphatic rings. The Bertz CT molecular complexity index is 275. The fraction of sp³-hybridized carbons (Fsp3) is 0.400. The summed E-state index contributed by atoms with van der Waals surface area (Å²) in [7, 11) is 2.02. The molecule has 1 heterocycles. The standard InChI is InChI=1S/C8H10N2S.C2H6/c1-10-7-5-3-2-4-6(7)9-8(10)11;1-2/h2-5,8-9,11H,1H3;1-2H3. The third-order valence-electron chi connectivity index (χ3n) is 1.94. The molecule has 1 N–H and O–H groups in total. The van der Waals surface area contributed by atoms with E-state index in [1.807, 2.05) is 33.0 Å². The summed E-state index contributed by atoms with van der Waals surface area (Å²) in [6, 6.07) is 8.19. The summed E-state index contributed by atoms with van der Waals surface area (Å²) in [5.74, 6) is 0. The molecule has 1 aromatic rings. The maximum atomic E-state index is 4.35. The van der Waals surface area contributed by atoms with Crippen molar-refractivity contribution in [3.8, 4) is 0 Å². The van der Waals surface area contributed by atoms with Crippen LogP contribution in [0.5, 0.6) is 0 Å². The Morgan fingerprint density at radius 1 is 1.31 bits per heavy atom. The molecular weight excluding hydrogens is 180 g/mol. The van der Waals surface area contributed by atoms with Crippen molar-refractivity contribution in [1.82, 2.24) is 0 Å². The molecule has 0 aromatic heterocycles. The minimum absolute atomic E-state index is 0.118. The van der Waals surface area contributed by atoms with E-state index in [0.29, 0.717) is 0 Å². The Kier molecular flexibility index (Phi) is 3.48. The highest BCUT2D eigenvalue weighted by Gasteiger charge is 2.20. The molecule has 0 bridgehead atoms. The van der Waals surface area contributed by atoms with Crippen molar-refractivity contribution in [2.75, 3.05) is 17.3 Å². The molecule has 0 amide bonds. The van der Waals surface area contributed by atoms with Gasteiger partial charge in [-0.15, -0.1) is 12.6 Å². The van der Waals surface area contributed by atoms with Crippen molar-refractivity contribution in [3.05, 3.63) is 24.3 Å². The SMILES string of the molecule is CC.CN1c2ccccc2NC1S. The highest BCUT2D eigenvalue weighted by molar-refractivity contribution is 7.81. The zero-order chi connectivity index (χ0) is 9.84. The van der Waals surface area contributed by atoms with Gasteiger partial charge in [0.1, 0.15) is 5.50 Å². The molecule has 1 unspecified atom stereocenters. The summed E-state index contributed by atoms with van der Waals surface area (Å²) in [5, 5.41) is 3.24. The van der Waals surface area contributed by atoms with E-state index in [4.69, 9.17) is 0 Å². The summed E-state index contributed by atoms with van der Waals surface area (Å²) in [6.07, 6.45) is 0. The topological polar surface area (TPSA) is 15.3 Å². The van der Waals surface area contributed by atoms with Crippen LogP contribution in [0.1, 0.15) is 13.8 Å². The molecule has 0 saturated heterocycles. The number of hydrogen-bond donors (Lipinski definition) is 2. The van der Waals surface area contributed by atoms with Gasteiger partial charge in [-0.1, -0.05) is 26.0 Å². The summed E-state index contributed by atoms with van der Waals surface area (Å²) in [5.41, 5.74) is 2.50. The molecule has 0 spiro atoms. The fourth-order valence-corrected chi connectivity index (χ4v) is 1.53. The number of hydrogen-bond acceptors (Lipinski definition) is 3.